The zero-order valence-electron chi connectivity index (χ0n) is 12.6. The molecule has 0 unspecified atom stereocenters. The standard InChI is InChI=1S/C19H17NO2/c1-11-6-5-8-13-12(2)17(22-18(11)13)10-15-14-7-3-4-9-16(14)20-19(15)21/h3-9,15H,10H2,1-2H3,(H,20,21)/t15-/m0/s1. The van der Waals surface area contributed by atoms with Gasteiger partial charge in [0.1, 0.15) is 11.3 Å². The van der Waals surface area contributed by atoms with E-state index in [1.54, 1.807) is 0 Å². The molecule has 3 aromatic rings. The summed E-state index contributed by atoms with van der Waals surface area (Å²) in [5, 5.41) is 4.09. The molecular weight excluding hydrogens is 274 g/mol. The maximum atomic E-state index is 12.3. The molecule has 4 rings (SSSR count). The van der Waals surface area contributed by atoms with Crippen LogP contribution in [0.1, 0.15) is 28.4 Å². The SMILES string of the molecule is Cc1c(C[C@@H]2C(=O)Nc3ccccc32)oc2c(C)cccc12. The first-order valence-corrected chi connectivity index (χ1v) is 7.52. The van der Waals surface area contributed by atoms with E-state index in [0.29, 0.717) is 6.42 Å². The number of carbonyl (C=O) groups excluding carboxylic acids is 1. The Morgan fingerprint density at radius 1 is 1.09 bits per heavy atom. The van der Waals surface area contributed by atoms with E-state index in [0.717, 1.165) is 39.1 Å². The number of para-hydroxylation sites is 2. The average molecular weight is 291 g/mol. The quantitative estimate of drug-likeness (QED) is 0.763. The van der Waals surface area contributed by atoms with Gasteiger partial charge in [0.25, 0.3) is 0 Å². The van der Waals surface area contributed by atoms with Crippen LogP contribution in [0.15, 0.2) is 46.9 Å². The first kappa shape index (κ1) is 13.1. The van der Waals surface area contributed by atoms with Crippen molar-refractivity contribution in [1.82, 2.24) is 0 Å². The molecule has 22 heavy (non-hydrogen) atoms. The van der Waals surface area contributed by atoms with Crippen LogP contribution in [0.3, 0.4) is 0 Å². The van der Waals surface area contributed by atoms with Crippen molar-refractivity contribution in [1.29, 1.82) is 0 Å². The summed E-state index contributed by atoms with van der Waals surface area (Å²) >= 11 is 0. The van der Waals surface area contributed by atoms with Crippen LogP contribution in [-0.4, -0.2) is 5.91 Å². The molecular formula is C19H17NO2. The number of fused-ring (bicyclic) bond motifs is 2. The molecule has 0 radical (unpaired) electrons. The number of aryl methyl sites for hydroxylation is 2. The van der Waals surface area contributed by atoms with Crippen LogP contribution >= 0.6 is 0 Å². The summed E-state index contributed by atoms with van der Waals surface area (Å²) in [5.74, 6) is 0.787. The van der Waals surface area contributed by atoms with E-state index < -0.39 is 0 Å². The molecule has 1 aromatic heterocycles. The zero-order valence-corrected chi connectivity index (χ0v) is 12.6. The first-order valence-electron chi connectivity index (χ1n) is 7.52. The van der Waals surface area contributed by atoms with Crippen molar-refractivity contribution in [2.24, 2.45) is 0 Å². The van der Waals surface area contributed by atoms with Gasteiger partial charge in [0.2, 0.25) is 5.91 Å². The zero-order chi connectivity index (χ0) is 15.3. The molecule has 3 heteroatoms. The number of benzene rings is 2. The van der Waals surface area contributed by atoms with Gasteiger partial charge in [0, 0.05) is 17.5 Å². The van der Waals surface area contributed by atoms with Gasteiger partial charge in [0.05, 0.1) is 5.92 Å². The number of rotatable bonds is 2. The van der Waals surface area contributed by atoms with E-state index in [1.807, 2.05) is 43.3 Å². The number of hydrogen-bond acceptors (Lipinski definition) is 2. The fourth-order valence-electron chi connectivity index (χ4n) is 3.29. The van der Waals surface area contributed by atoms with Crippen molar-refractivity contribution < 1.29 is 9.21 Å². The normalized spacial score (nSPS) is 16.8. The van der Waals surface area contributed by atoms with Gasteiger partial charge >= 0.3 is 0 Å². The number of furan rings is 1. The monoisotopic (exact) mass is 291 g/mol. The lowest BCUT2D eigenvalue weighted by atomic mass is 9.94. The van der Waals surface area contributed by atoms with E-state index in [-0.39, 0.29) is 11.8 Å². The second-order valence-corrected chi connectivity index (χ2v) is 5.94. The maximum absolute atomic E-state index is 12.3. The predicted molar refractivity (Wildman–Crippen MR) is 87.2 cm³/mol. The van der Waals surface area contributed by atoms with Crippen LogP contribution in [-0.2, 0) is 11.2 Å². The molecule has 3 nitrogen and oxygen atoms in total. The van der Waals surface area contributed by atoms with Gasteiger partial charge in [-0.15, -0.1) is 0 Å². The van der Waals surface area contributed by atoms with Gasteiger partial charge in [-0.2, -0.15) is 0 Å². The number of anilines is 1. The van der Waals surface area contributed by atoms with Crippen LogP contribution in [0.4, 0.5) is 5.69 Å². The molecule has 2 aromatic carbocycles. The third kappa shape index (κ3) is 1.86. The van der Waals surface area contributed by atoms with Gasteiger partial charge < -0.3 is 9.73 Å². The van der Waals surface area contributed by atoms with Gasteiger partial charge in [-0.1, -0.05) is 36.4 Å². The molecule has 0 bridgehead atoms. The fraction of sp³-hybridized carbons (Fsp3) is 0.211. The largest absolute Gasteiger partial charge is 0.460 e. The van der Waals surface area contributed by atoms with Crippen LogP contribution in [0.25, 0.3) is 11.0 Å². The molecule has 1 atom stereocenters. The maximum Gasteiger partial charge on any atom is 0.232 e. The van der Waals surface area contributed by atoms with Gasteiger partial charge in [-0.05, 0) is 36.6 Å². The van der Waals surface area contributed by atoms with Gasteiger partial charge in [-0.3, -0.25) is 4.79 Å². The minimum Gasteiger partial charge on any atom is -0.460 e. The molecule has 0 fully saturated rings. The number of nitrogens with one attached hydrogen (secondary N) is 1. The minimum atomic E-state index is -0.171. The summed E-state index contributed by atoms with van der Waals surface area (Å²) in [4.78, 5) is 12.3. The number of hydrogen-bond donors (Lipinski definition) is 1. The number of carbonyl (C=O) groups is 1. The van der Waals surface area contributed by atoms with Crippen LogP contribution in [0.5, 0.6) is 0 Å². The molecule has 1 N–H and O–H groups in total. The second kappa shape index (κ2) is 4.73. The fourth-order valence-corrected chi connectivity index (χ4v) is 3.29. The lowest BCUT2D eigenvalue weighted by molar-refractivity contribution is -0.117. The van der Waals surface area contributed by atoms with Crippen molar-refractivity contribution in [2.75, 3.05) is 5.32 Å². The van der Waals surface area contributed by atoms with Crippen molar-refractivity contribution in [3.8, 4) is 0 Å². The van der Waals surface area contributed by atoms with E-state index in [9.17, 15) is 4.79 Å². The molecule has 1 amide bonds. The summed E-state index contributed by atoms with van der Waals surface area (Å²) in [6, 6.07) is 14.0. The third-order valence-corrected chi connectivity index (χ3v) is 4.56. The molecule has 1 aliphatic heterocycles. The summed E-state index contributed by atoms with van der Waals surface area (Å²) in [7, 11) is 0. The lowest BCUT2D eigenvalue weighted by Gasteiger charge is -2.07. The topological polar surface area (TPSA) is 42.2 Å². The first-order chi connectivity index (χ1) is 10.6. The Morgan fingerprint density at radius 3 is 2.73 bits per heavy atom. The van der Waals surface area contributed by atoms with Crippen molar-refractivity contribution in [3.63, 3.8) is 0 Å². The summed E-state index contributed by atoms with van der Waals surface area (Å²) in [6.45, 7) is 4.12. The van der Waals surface area contributed by atoms with E-state index in [4.69, 9.17) is 4.42 Å². The Balaban J connectivity index is 1.77. The van der Waals surface area contributed by atoms with Crippen molar-refractivity contribution >= 4 is 22.6 Å². The Hall–Kier alpha value is -2.55. The van der Waals surface area contributed by atoms with Crippen LogP contribution < -0.4 is 5.32 Å². The van der Waals surface area contributed by atoms with Crippen molar-refractivity contribution in [2.45, 2.75) is 26.2 Å². The van der Waals surface area contributed by atoms with Gasteiger partial charge in [-0.25, -0.2) is 0 Å². The highest BCUT2D eigenvalue weighted by Gasteiger charge is 2.31. The van der Waals surface area contributed by atoms with E-state index in [1.165, 1.54) is 0 Å². The Morgan fingerprint density at radius 2 is 1.91 bits per heavy atom. The molecule has 2 heterocycles. The Bertz CT molecular complexity index is 892. The smallest absolute Gasteiger partial charge is 0.232 e. The predicted octanol–water partition coefficient (Wildman–Crippen LogP) is 4.33. The summed E-state index contributed by atoms with van der Waals surface area (Å²) < 4.78 is 6.07. The van der Waals surface area contributed by atoms with Crippen molar-refractivity contribution in [3.05, 3.63) is 64.9 Å². The van der Waals surface area contributed by atoms with E-state index >= 15 is 0 Å². The third-order valence-electron chi connectivity index (χ3n) is 4.56. The summed E-state index contributed by atoms with van der Waals surface area (Å²) in [6.07, 6.45) is 0.600. The highest BCUT2D eigenvalue weighted by molar-refractivity contribution is 6.03. The van der Waals surface area contributed by atoms with Crippen LogP contribution in [0.2, 0.25) is 0 Å². The molecule has 0 saturated heterocycles. The molecule has 110 valence electrons. The van der Waals surface area contributed by atoms with Gasteiger partial charge in [0.15, 0.2) is 0 Å². The average Bonchev–Trinajstić information content (AvgIpc) is 3.00. The highest BCUT2D eigenvalue weighted by atomic mass is 16.3. The molecule has 0 aliphatic carbocycles. The highest BCUT2D eigenvalue weighted by Crippen LogP contribution is 2.37. The second-order valence-electron chi connectivity index (χ2n) is 5.94. The summed E-state index contributed by atoms with van der Waals surface area (Å²) in [5.41, 5.74) is 5.17. The molecule has 0 saturated carbocycles. The van der Waals surface area contributed by atoms with E-state index in [2.05, 4.69) is 18.3 Å². The van der Waals surface area contributed by atoms with Crippen LogP contribution in [0, 0.1) is 13.8 Å². The Kier molecular flexibility index (Phi) is 2.83. The molecule has 1 aliphatic rings. The molecule has 0 spiro atoms. The number of amides is 1. The lowest BCUT2D eigenvalue weighted by Crippen LogP contribution is -2.14. The minimum absolute atomic E-state index is 0.0535. The Labute approximate surface area is 128 Å².